The van der Waals surface area contributed by atoms with E-state index in [2.05, 4.69) is 57.2 Å². The molecule has 0 saturated heterocycles. The molecule has 0 aromatic carbocycles. The minimum Gasteiger partial charge on any atom is -0.450 e. The number of rotatable bonds is 27. The van der Waals surface area contributed by atoms with Crippen molar-refractivity contribution in [3.8, 4) is 0 Å². The molecule has 2 heterocycles. The molecule has 0 fully saturated rings. The molecule has 0 saturated carbocycles. The van der Waals surface area contributed by atoms with Crippen molar-refractivity contribution in [3.63, 3.8) is 0 Å². The molecule has 2 rings (SSSR count). The Morgan fingerprint density at radius 1 is 0.629 bits per heavy atom. The van der Waals surface area contributed by atoms with Gasteiger partial charge in [-0.1, -0.05) is 19.3 Å². The van der Waals surface area contributed by atoms with Crippen molar-refractivity contribution in [2.45, 2.75) is 102 Å². The molecule has 0 aliphatic heterocycles. The first-order valence-corrected chi connectivity index (χ1v) is 19.8. The Bertz CT molecular complexity index is 1880. The van der Waals surface area contributed by atoms with Gasteiger partial charge in [0.25, 0.3) is 22.9 Å². The minimum atomic E-state index is -2.31. The van der Waals surface area contributed by atoms with Crippen LogP contribution in [0.25, 0.3) is 0 Å². The van der Waals surface area contributed by atoms with Crippen LogP contribution in [-0.2, 0) is 19.1 Å². The highest BCUT2D eigenvalue weighted by atomic mass is 16.6. The Morgan fingerprint density at radius 3 is 1.69 bits per heavy atom. The van der Waals surface area contributed by atoms with E-state index in [-0.39, 0.29) is 56.7 Å². The SMILES string of the molecule is Cc1cc(=O)[nH]c(NC(=O)NCCCCCCNC(=O)OCCNC(=O)[C@@H](O)[C@H](O)[C@H](O)[C@@H](O)C(=O)NCCC(CCCCCOC(N)=O)NC(=O)Nc2nc(C)cc(=O)[nH]2)n1. The first kappa shape index (κ1) is 51.8. The van der Waals surface area contributed by atoms with Crippen LogP contribution in [0.15, 0.2) is 21.7 Å². The summed E-state index contributed by atoms with van der Waals surface area (Å²) in [7, 11) is 0. The third kappa shape index (κ3) is 21.7. The standard InChI is InChI=1S/C36H58N12O14/c1-20-18-23(49)45-32(42-20)47-34(58)40-12-7-3-4-8-13-41-36(60)62-17-15-39-30(56)28(54)26(52)25(51)27(53)29(55)38-14-11-22(10-6-5-9-16-61-31(37)57)44-35(59)48-33-43-21(2)19-24(50)46-33/h18-19,22,25-28,51-54H,3-17H2,1-2H3,(H2,37,57)(H,38,55)(H,39,56)(H,41,60)(H3,40,42,45,47,49,58)(H3,43,44,46,48,50,59)/t22?,25-,26+,27+,28-/m0/s1. The summed E-state index contributed by atoms with van der Waals surface area (Å²) >= 11 is 0. The van der Waals surface area contributed by atoms with Gasteiger partial charge in [0.15, 0.2) is 12.2 Å². The van der Waals surface area contributed by atoms with Crippen LogP contribution in [0.1, 0.15) is 69.2 Å². The number of hydrogen-bond donors (Lipinski definition) is 14. The molecule has 1 unspecified atom stereocenters. The number of carbonyl (C=O) groups is 6. The van der Waals surface area contributed by atoms with Gasteiger partial charge in [-0.15, -0.1) is 0 Å². The maximum absolute atomic E-state index is 12.7. The number of nitrogens with zero attached hydrogens (tertiary/aromatic N) is 2. The molecule has 8 amide bonds. The zero-order chi connectivity index (χ0) is 46.0. The third-order valence-corrected chi connectivity index (χ3v) is 8.60. The summed E-state index contributed by atoms with van der Waals surface area (Å²) in [5, 5.41) is 58.5. The van der Waals surface area contributed by atoms with Gasteiger partial charge in [0.05, 0.1) is 13.2 Å². The second kappa shape index (κ2) is 28.2. The van der Waals surface area contributed by atoms with E-state index in [1.165, 1.54) is 12.1 Å². The van der Waals surface area contributed by atoms with E-state index < -0.39 is 72.1 Å². The van der Waals surface area contributed by atoms with E-state index >= 15 is 0 Å². The van der Waals surface area contributed by atoms with Gasteiger partial charge in [-0.3, -0.25) is 39.8 Å². The Balaban J connectivity index is 1.65. The van der Waals surface area contributed by atoms with E-state index in [1.54, 1.807) is 13.8 Å². The van der Waals surface area contributed by atoms with Gasteiger partial charge in [0.1, 0.15) is 18.8 Å². The molecule has 2 aromatic rings. The summed E-state index contributed by atoms with van der Waals surface area (Å²) in [6.07, 6.45) is -6.06. The molecule has 5 atom stereocenters. The number of aliphatic hydroxyl groups is 4. The molecular weight excluding hydrogens is 824 g/mol. The van der Waals surface area contributed by atoms with Crippen molar-refractivity contribution in [2.75, 3.05) is 50.0 Å². The molecule has 0 aliphatic rings. The number of nitrogens with two attached hydrogens (primary N) is 1. The topological polar surface area (TPSA) is 404 Å². The smallest absolute Gasteiger partial charge is 0.407 e. The third-order valence-electron chi connectivity index (χ3n) is 8.60. The fourth-order valence-corrected chi connectivity index (χ4v) is 5.52. The highest BCUT2D eigenvalue weighted by molar-refractivity contribution is 5.88. The lowest BCUT2D eigenvalue weighted by atomic mass is 10.0. The monoisotopic (exact) mass is 882 g/mol. The average Bonchev–Trinajstić information content (AvgIpc) is 3.19. The van der Waals surface area contributed by atoms with Gasteiger partial charge < -0.3 is 62.2 Å². The van der Waals surface area contributed by atoms with Crippen molar-refractivity contribution in [1.29, 1.82) is 0 Å². The van der Waals surface area contributed by atoms with Gasteiger partial charge in [0, 0.05) is 49.2 Å². The van der Waals surface area contributed by atoms with Crippen LogP contribution in [-0.4, -0.2) is 146 Å². The number of carbonyl (C=O) groups excluding carboxylic acids is 6. The van der Waals surface area contributed by atoms with Crippen molar-refractivity contribution in [3.05, 3.63) is 44.2 Å². The number of aliphatic hydroxyl groups excluding tert-OH is 4. The van der Waals surface area contributed by atoms with Crippen LogP contribution in [0, 0.1) is 13.8 Å². The number of ether oxygens (including phenoxy) is 2. The zero-order valence-corrected chi connectivity index (χ0v) is 34.5. The number of H-pyrrole nitrogens is 2. The molecule has 15 N–H and O–H groups in total. The van der Waals surface area contributed by atoms with Crippen LogP contribution >= 0.6 is 0 Å². The van der Waals surface area contributed by atoms with Gasteiger partial charge in [0.2, 0.25) is 11.9 Å². The summed E-state index contributed by atoms with van der Waals surface area (Å²) in [5.41, 5.74) is 4.90. The first-order chi connectivity index (χ1) is 29.4. The minimum absolute atomic E-state index is 0.0375. The van der Waals surface area contributed by atoms with Crippen molar-refractivity contribution >= 4 is 48.0 Å². The Hall–Kier alpha value is -6.38. The number of primary amides is 1. The summed E-state index contributed by atoms with van der Waals surface area (Å²) in [5.74, 6) is -2.42. The number of nitrogens with one attached hydrogen (secondary N) is 9. The van der Waals surface area contributed by atoms with E-state index in [9.17, 15) is 58.8 Å². The number of anilines is 2. The number of aromatic nitrogens is 4. The number of unbranched alkanes of at least 4 members (excludes halogenated alkanes) is 5. The maximum Gasteiger partial charge on any atom is 0.407 e. The summed E-state index contributed by atoms with van der Waals surface area (Å²) in [4.78, 5) is 108. The van der Waals surface area contributed by atoms with Crippen LogP contribution in [0.2, 0.25) is 0 Å². The van der Waals surface area contributed by atoms with Crippen LogP contribution in [0.4, 0.5) is 31.1 Å². The Kier molecular flexibility index (Phi) is 23.5. The molecule has 26 heteroatoms. The first-order valence-electron chi connectivity index (χ1n) is 19.8. The predicted molar refractivity (Wildman–Crippen MR) is 219 cm³/mol. The number of hydrogen-bond acceptors (Lipinski definition) is 16. The lowest BCUT2D eigenvalue weighted by Crippen LogP contribution is -2.55. The molecule has 26 nitrogen and oxygen atoms in total. The fraction of sp³-hybridized carbons (Fsp3) is 0.611. The number of aromatic amines is 2. The fourth-order valence-electron chi connectivity index (χ4n) is 5.52. The van der Waals surface area contributed by atoms with Gasteiger partial charge in [-0.2, -0.15) is 0 Å². The maximum atomic E-state index is 12.7. The number of urea groups is 2. The van der Waals surface area contributed by atoms with Crippen molar-refractivity contribution in [2.24, 2.45) is 5.73 Å². The number of amides is 8. The highest BCUT2D eigenvalue weighted by Crippen LogP contribution is 2.10. The van der Waals surface area contributed by atoms with Crippen molar-refractivity contribution < 1.29 is 58.7 Å². The summed E-state index contributed by atoms with van der Waals surface area (Å²) in [6, 6.07) is 0.710. The normalized spacial score (nSPS) is 13.3. The van der Waals surface area contributed by atoms with Gasteiger partial charge in [-0.25, -0.2) is 29.1 Å². The zero-order valence-electron chi connectivity index (χ0n) is 34.5. The van der Waals surface area contributed by atoms with E-state index in [4.69, 9.17) is 15.2 Å². The second-order valence-corrected chi connectivity index (χ2v) is 13.9. The predicted octanol–water partition coefficient (Wildman–Crippen LogP) is -2.21. The Labute approximate surface area is 354 Å². The van der Waals surface area contributed by atoms with Crippen LogP contribution in [0.3, 0.4) is 0 Å². The van der Waals surface area contributed by atoms with Crippen LogP contribution in [0.5, 0.6) is 0 Å². The van der Waals surface area contributed by atoms with E-state index in [0.717, 1.165) is 12.8 Å². The quantitative estimate of drug-likeness (QED) is 0.0423. The highest BCUT2D eigenvalue weighted by Gasteiger charge is 2.37. The van der Waals surface area contributed by atoms with Gasteiger partial charge >= 0.3 is 24.2 Å². The molecule has 0 spiro atoms. The molecule has 0 radical (unpaired) electrons. The van der Waals surface area contributed by atoms with E-state index in [1.807, 2.05) is 0 Å². The molecule has 2 aromatic heterocycles. The number of aryl methyl sites for hydroxylation is 2. The largest absolute Gasteiger partial charge is 0.450 e. The average molecular weight is 883 g/mol. The summed E-state index contributed by atoms with van der Waals surface area (Å²) in [6.45, 7) is 3.18. The Morgan fingerprint density at radius 2 is 1.15 bits per heavy atom. The summed E-state index contributed by atoms with van der Waals surface area (Å²) < 4.78 is 9.64. The number of alkyl carbamates (subject to hydrolysis) is 1. The molecule has 62 heavy (non-hydrogen) atoms. The lowest BCUT2D eigenvalue weighted by Gasteiger charge is -2.26. The second-order valence-electron chi connectivity index (χ2n) is 13.9. The molecule has 0 aliphatic carbocycles. The van der Waals surface area contributed by atoms with Crippen molar-refractivity contribution in [1.82, 2.24) is 46.5 Å². The van der Waals surface area contributed by atoms with Crippen LogP contribution < -0.4 is 54.1 Å². The van der Waals surface area contributed by atoms with Gasteiger partial charge in [-0.05, 0) is 52.4 Å². The molecule has 346 valence electrons. The lowest BCUT2D eigenvalue weighted by molar-refractivity contribution is -0.155. The molecular formula is C36H58N12O14. The van der Waals surface area contributed by atoms with E-state index in [0.29, 0.717) is 56.5 Å². The molecule has 0 bridgehead atoms.